The second-order valence-corrected chi connectivity index (χ2v) is 7.43. The summed E-state index contributed by atoms with van der Waals surface area (Å²) in [5.41, 5.74) is 4.72. The summed E-state index contributed by atoms with van der Waals surface area (Å²) in [5.74, 6) is -1.21. The molecule has 0 radical (unpaired) electrons. The van der Waals surface area contributed by atoms with Crippen LogP contribution in [0.4, 0.5) is 8.78 Å². The van der Waals surface area contributed by atoms with Crippen molar-refractivity contribution in [1.29, 1.82) is 0 Å². The molecule has 0 aliphatic heterocycles. The van der Waals surface area contributed by atoms with Gasteiger partial charge < -0.3 is 5.32 Å². The number of halogens is 2. The molecule has 0 fully saturated rings. The quantitative estimate of drug-likeness (QED) is 0.482. The second-order valence-electron chi connectivity index (χ2n) is 7.43. The summed E-state index contributed by atoms with van der Waals surface area (Å²) in [6, 6.07) is 12.6. The minimum Gasteiger partial charge on any atom is -0.347 e. The Hall–Kier alpha value is -4.00. The fourth-order valence-corrected chi connectivity index (χ4v) is 3.35. The van der Waals surface area contributed by atoms with Gasteiger partial charge in [-0.05, 0) is 66.9 Å². The maximum atomic E-state index is 14.5. The summed E-state index contributed by atoms with van der Waals surface area (Å²) in [6.07, 6.45) is 4.66. The second kappa shape index (κ2) is 9.01. The van der Waals surface area contributed by atoms with E-state index in [2.05, 4.69) is 20.3 Å². The van der Waals surface area contributed by atoms with Crippen molar-refractivity contribution in [3.8, 4) is 22.4 Å². The summed E-state index contributed by atoms with van der Waals surface area (Å²) in [4.78, 5) is 24.9. The highest BCUT2D eigenvalue weighted by Gasteiger charge is 2.12. The lowest BCUT2D eigenvalue weighted by Crippen LogP contribution is -2.23. The number of pyridine rings is 3. The molecule has 0 saturated carbocycles. The van der Waals surface area contributed by atoms with Crippen molar-refractivity contribution in [3.63, 3.8) is 0 Å². The molecule has 32 heavy (non-hydrogen) atoms. The zero-order valence-electron chi connectivity index (χ0n) is 17.6. The Labute approximate surface area is 184 Å². The van der Waals surface area contributed by atoms with Gasteiger partial charge in [-0.15, -0.1) is 0 Å². The van der Waals surface area contributed by atoms with E-state index in [-0.39, 0.29) is 23.7 Å². The Morgan fingerprint density at radius 1 is 0.906 bits per heavy atom. The van der Waals surface area contributed by atoms with E-state index in [9.17, 15) is 13.6 Å². The molecule has 0 aliphatic carbocycles. The van der Waals surface area contributed by atoms with Gasteiger partial charge in [0, 0.05) is 42.0 Å². The third-order valence-electron chi connectivity index (χ3n) is 5.03. The van der Waals surface area contributed by atoms with Crippen LogP contribution in [0, 0.1) is 25.5 Å². The molecule has 160 valence electrons. The molecule has 0 bridgehead atoms. The van der Waals surface area contributed by atoms with Crippen LogP contribution < -0.4 is 5.32 Å². The van der Waals surface area contributed by atoms with Gasteiger partial charge in [-0.1, -0.05) is 12.1 Å². The van der Waals surface area contributed by atoms with Gasteiger partial charge in [0.05, 0.1) is 0 Å². The molecule has 0 aliphatic rings. The molecule has 3 heterocycles. The third kappa shape index (κ3) is 4.67. The van der Waals surface area contributed by atoms with E-state index < -0.39 is 11.7 Å². The molecule has 1 N–H and O–H groups in total. The number of aryl methyl sites for hydroxylation is 2. The summed E-state index contributed by atoms with van der Waals surface area (Å²) >= 11 is 0. The maximum absolute atomic E-state index is 14.5. The van der Waals surface area contributed by atoms with Gasteiger partial charge in [-0.25, -0.2) is 8.78 Å². The van der Waals surface area contributed by atoms with E-state index in [1.54, 1.807) is 36.5 Å². The number of nitrogens with zero attached hydrogens (tertiary/aromatic N) is 3. The Bertz CT molecular complexity index is 1290. The molecule has 0 atom stereocenters. The molecule has 1 amide bonds. The minimum absolute atomic E-state index is 0.102. The van der Waals surface area contributed by atoms with Crippen molar-refractivity contribution in [2.24, 2.45) is 0 Å². The van der Waals surface area contributed by atoms with Gasteiger partial charge in [-0.3, -0.25) is 19.7 Å². The zero-order chi connectivity index (χ0) is 22.7. The van der Waals surface area contributed by atoms with Crippen LogP contribution in [0.1, 0.15) is 27.3 Å². The fourth-order valence-electron chi connectivity index (χ4n) is 3.35. The van der Waals surface area contributed by atoms with Gasteiger partial charge in [0.1, 0.15) is 23.0 Å². The molecule has 3 aromatic heterocycles. The van der Waals surface area contributed by atoms with Crippen molar-refractivity contribution in [1.82, 2.24) is 20.3 Å². The van der Waals surface area contributed by atoms with Crippen LogP contribution in [-0.4, -0.2) is 20.9 Å². The Balaban J connectivity index is 1.43. The van der Waals surface area contributed by atoms with Crippen LogP contribution in [0.15, 0.2) is 67.1 Å². The van der Waals surface area contributed by atoms with E-state index in [4.69, 9.17) is 0 Å². The summed E-state index contributed by atoms with van der Waals surface area (Å²) in [7, 11) is 0. The van der Waals surface area contributed by atoms with Crippen molar-refractivity contribution in [2.45, 2.75) is 20.4 Å². The summed E-state index contributed by atoms with van der Waals surface area (Å²) in [6.45, 7) is 3.81. The first kappa shape index (κ1) is 21.2. The standard InChI is InChI=1S/C25H20F2N4O/c1-15-3-5-20(26)11-21(15)19-4-6-23(29-14-19)25(32)31-13-17-10-22(27)24(30-12-17)18-7-8-28-16(2)9-18/h3-12,14H,13H2,1-2H3,(H,31,32). The SMILES string of the molecule is Cc1cc(-c2ncc(CNC(=O)c3ccc(-c4cc(F)ccc4C)cn3)cc2F)ccn1. The maximum Gasteiger partial charge on any atom is 0.270 e. The lowest BCUT2D eigenvalue weighted by Gasteiger charge is -2.09. The number of aromatic nitrogens is 3. The van der Waals surface area contributed by atoms with Crippen molar-refractivity contribution >= 4 is 5.91 Å². The molecule has 4 aromatic rings. The highest BCUT2D eigenvalue weighted by atomic mass is 19.1. The minimum atomic E-state index is -0.477. The third-order valence-corrected chi connectivity index (χ3v) is 5.03. The smallest absolute Gasteiger partial charge is 0.270 e. The van der Waals surface area contributed by atoms with Crippen LogP contribution in [0.5, 0.6) is 0 Å². The molecular weight excluding hydrogens is 410 g/mol. The average molecular weight is 430 g/mol. The first-order valence-corrected chi connectivity index (χ1v) is 9.99. The van der Waals surface area contributed by atoms with E-state index in [1.807, 2.05) is 13.8 Å². The largest absolute Gasteiger partial charge is 0.347 e. The van der Waals surface area contributed by atoms with E-state index >= 15 is 0 Å². The number of amides is 1. The number of hydrogen-bond acceptors (Lipinski definition) is 4. The highest BCUT2D eigenvalue weighted by Crippen LogP contribution is 2.24. The molecule has 1 aromatic carbocycles. The van der Waals surface area contributed by atoms with Gasteiger partial charge in [0.25, 0.3) is 5.91 Å². The van der Waals surface area contributed by atoms with Crippen LogP contribution in [0.25, 0.3) is 22.4 Å². The zero-order valence-corrected chi connectivity index (χ0v) is 17.6. The van der Waals surface area contributed by atoms with Crippen LogP contribution in [-0.2, 0) is 6.54 Å². The Morgan fingerprint density at radius 3 is 2.47 bits per heavy atom. The van der Waals surface area contributed by atoms with Gasteiger partial charge in [0.15, 0.2) is 0 Å². The van der Waals surface area contributed by atoms with E-state index in [0.29, 0.717) is 16.7 Å². The fraction of sp³-hybridized carbons (Fsp3) is 0.120. The Morgan fingerprint density at radius 2 is 1.75 bits per heavy atom. The number of hydrogen-bond donors (Lipinski definition) is 1. The number of rotatable bonds is 5. The van der Waals surface area contributed by atoms with Gasteiger partial charge in [-0.2, -0.15) is 0 Å². The molecular formula is C25H20F2N4O. The predicted octanol–water partition coefficient (Wildman–Crippen LogP) is 5.03. The first-order chi connectivity index (χ1) is 15.4. The van der Waals surface area contributed by atoms with E-state index in [0.717, 1.165) is 16.8 Å². The molecule has 4 rings (SSSR count). The van der Waals surface area contributed by atoms with Crippen molar-refractivity contribution in [3.05, 3.63) is 101 Å². The molecule has 7 heteroatoms. The van der Waals surface area contributed by atoms with Crippen molar-refractivity contribution < 1.29 is 13.6 Å². The first-order valence-electron chi connectivity index (χ1n) is 9.99. The number of benzene rings is 1. The normalized spacial score (nSPS) is 10.8. The van der Waals surface area contributed by atoms with Gasteiger partial charge >= 0.3 is 0 Å². The summed E-state index contributed by atoms with van der Waals surface area (Å²) < 4.78 is 28.1. The Kier molecular flexibility index (Phi) is 5.98. The number of carbonyl (C=O) groups is 1. The molecule has 0 unspecified atom stereocenters. The van der Waals surface area contributed by atoms with Crippen LogP contribution in [0.2, 0.25) is 0 Å². The molecule has 0 saturated heterocycles. The number of nitrogens with one attached hydrogen (secondary N) is 1. The lowest BCUT2D eigenvalue weighted by atomic mass is 10.0. The van der Waals surface area contributed by atoms with Gasteiger partial charge in [0.2, 0.25) is 0 Å². The molecule has 5 nitrogen and oxygen atoms in total. The monoisotopic (exact) mass is 430 g/mol. The predicted molar refractivity (Wildman–Crippen MR) is 118 cm³/mol. The number of carbonyl (C=O) groups excluding carboxylic acids is 1. The highest BCUT2D eigenvalue weighted by molar-refractivity contribution is 5.92. The van der Waals surface area contributed by atoms with E-state index in [1.165, 1.54) is 30.6 Å². The van der Waals surface area contributed by atoms with Crippen molar-refractivity contribution in [2.75, 3.05) is 0 Å². The molecule has 0 spiro atoms. The average Bonchev–Trinajstić information content (AvgIpc) is 2.79. The van der Waals surface area contributed by atoms with Crippen LogP contribution >= 0.6 is 0 Å². The topological polar surface area (TPSA) is 67.8 Å². The van der Waals surface area contributed by atoms with Crippen LogP contribution in [0.3, 0.4) is 0 Å². The summed E-state index contributed by atoms with van der Waals surface area (Å²) in [5, 5.41) is 2.71. The lowest BCUT2D eigenvalue weighted by molar-refractivity contribution is 0.0946.